The van der Waals surface area contributed by atoms with E-state index in [4.69, 9.17) is 4.74 Å². The Bertz CT molecular complexity index is 511. The Labute approximate surface area is 104 Å². The summed E-state index contributed by atoms with van der Waals surface area (Å²) in [5.74, 6) is 0.697. The van der Waals surface area contributed by atoms with Gasteiger partial charge in [-0.15, -0.1) is 0 Å². The van der Waals surface area contributed by atoms with Crippen LogP contribution < -0.4 is 15.4 Å². The van der Waals surface area contributed by atoms with E-state index in [0.717, 1.165) is 5.56 Å². The van der Waals surface area contributed by atoms with E-state index < -0.39 is 0 Å². The van der Waals surface area contributed by atoms with Crippen LogP contribution in [0.1, 0.15) is 5.56 Å². The third-order valence-electron chi connectivity index (χ3n) is 2.34. The molecule has 2 rings (SSSR count). The van der Waals surface area contributed by atoms with E-state index in [1.165, 1.54) is 0 Å². The fourth-order valence-corrected chi connectivity index (χ4v) is 1.43. The zero-order valence-corrected chi connectivity index (χ0v) is 9.93. The second-order valence-electron chi connectivity index (χ2n) is 3.65. The van der Waals surface area contributed by atoms with Crippen molar-refractivity contribution in [1.82, 2.24) is 15.5 Å². The van der Waals surface area contributed by atoms with Gasteiger partial charge in [0.2, 0.25) is 0 Å². The summed E-state index contributed by atoms with van der Waals surface area (Å²) in [5.41, 5.74) is 1.59. The van der Waals surface area contributed by atoms with Crippen LogP contribution in [0.2, 0.25) is 0 Å². The van der Waals surface area contributed by atoms with Crippen molar-refractivity contribution in [2.45, 2.75) is 6.54 Å². The number of carbonyl (C=O) groups excluding carboxylic acids is 1. The Morgan fingerprint density at radius 2 is 2.39 bits per heavy atom. The average Bonchev–Trinajstić information content (AvgIpc) is 2.90. The number of nitrogens with zero attached hydrogens (tertiary/aromatic N) is 1. The highest BCUT2D eigenvalue weighted by Gasteiger charge is 2.02. The van der Waals surface area contributed by atoms with Gasteiger partial charge < -0.3 is 15.4 Å². The summed E-state index contributed by atoms with van der Waals surface area (Å²) < 4.78 is 5.07. The molecule has 1 heterocycles. The van der Waals surface area contributed by atoms with Crippen LogP contribution in [0.4, 0.5) is 10.5 Å². The number of hydrogen-bond donors (Lipinski definition) is 3. The first-order chi connectivity index (χ1) is 8.78. The van der Waals surface area contributed by atoms with Gasteiger partial charge in [-0.3, -0.25) is 5.10 Å². The van der Waals surface area contributed by atoms with Gasteiger partial charge in [0.1, 0.15) is 5.75 Å². The lowest BCUT2D eigenvalue weighted by Crippen LogP contribution is -2.27. The maximum Gasteiger partial charge on any atom is 0.319 e. The predicted molar refractivity (Wildman–Crippen MR) is 67.4 cm³/mol. The number of hydrogen-bond acceptors (Lipinski definition) is 3. The molecule has 2 amide bonds. The molecule has 18 heavy (non-hydrogen) atoms. The number of amides is 2. The molecule has 6 nitrogen and oxygen atoms in total. The lowest BCUT2D eigenvalue weighted by Gasteiger charge is -2.07. The molecule has 1 aromatic carbocycles. The molecule has 2 aromatic rings. The van der Waals surface area contributed by atoms with Gasteiger partial charge in [0, 0.05) is 30.1 Å². The SMILES string of the molecule is COc1cccc(NC(=O)NCc2cn[nH]c2)c1. The number of urea groups is 1. The van der Waals surface area contributed by atoms with Crippen molar-refractivity contribution in [2.75, 3.05) is 12.4 Å². The minimum atomic E-state index is -0.274. The molecular formula is C12H14N4O2. The second kappa shape index (κ2) is 5.72. The van der Waals surface area contributed by atoms with Crippen LogP contribution in [0.3, 0.4) is 0 Å². The van der Waals surface area contributed by atoms with Crippen molar-refractivity contribution in [1.29, 1.82) is 0 Å². The van der Waals surface area contributed by atoms with Gasteiger partial charge in [0.25, 0.3) is 0 Å². The molecule has 0 unspecified atom stereocenters. The summed E-state index contributed by atoms with van der Waals surface area (Å²) in [6, 6.07) is 6.89. The Morgan fingerprint density at radius 1 is 1.50 bits per heavy atom. The van der Waals surface area contributed by atoms with E-state index in [2.05, 4.69) is 20.8 Å². The summed E-state index contributed by atoms with van der Waals surface area (Å²) >= 11 is 0. The zero-order valence-electron chi connectivity index (χ0n) is 9.93. The highest BCUT2D eigenvalue weighted by atomic mass is 16.5. The van der Waals surface area contributed by atoms with E-state index in [9.17, 15) is 4.79 Å². The maximum atomic E-state index is 11.6. The predicted octanol–water partition coefficient (Wildman–Crippen LogP) is 1.74. The van der Waals surface area contributed by atoms with Gasteiger partial charge in [-0.1, -0.05) is 6.07 Å². The number of H-pyrrole nitrogens is 1. The Kier molecular flexibility index (Phi) is 3.80. The molecule has 0 aliphatic heterocycles. The second-order valence-corrected chi connectivity index (χ2v) is 3.65. The quantitative estimate of drug-likeness (QED) is 0.768. The first-order valence-corrected chi connectivity index (χ1v) is 5.44. The fraction of sp³-hybridized carbons (Fsp3) is 0.167. The lowest BCUT2D eigenvalue weighted by molar-refractivity contribution is 0.251. The number of nitrogens with one attached hydrogen (secondary N) is 3. The van der Waals surface area contributed by atoms with Gasteiger partial charge in [-0.25, -0.2) is 4.79 Å². The van der Waals surface area contributed by atoms with E-state index in [1.54, 1.807) is 31.6 Å². The summed E-state index contributed by atoms with van der Waals surface area (Å²) in [4.78, 5) is 11.6. The van der Waals surface area contributed by atoms with Crippen molar-refractivity contribution < 1.29 is 9.53 Å². The molecule has 0 saturated heterocycles. The third-order valence-corrected chi connectivity index (χ3v) is 2.34. The summed E-state index contributed by atoms with van der Waals surface area (Å²) in [6.07, 6.45) is 3.39. The Balaban J connectivity index is 1.86. The highest BCUT2D eigenvalue weighted by molar-refractivity contribution is 5.89. The first kappa shape index (κ1) is 12.0. The highest BCUT2D eigenvalue weighted by Crippen LogP contribution is 2.16. The van der Waals surface area contributed by atoms with Crippen molar-refractivity contribution >= 4 is 11.7 Å². The topological polar surface area (TPSA) is 79.0 Å². The molecule has 0 atom stereocenters. The molecule has 0 spiro atoms. The lowest BCUT2D eigenvalue weighted by atomic mass is 10.3. The van der Waals surface area contributed by atoms with Crippen molar-refractivity contribution in [2.24, 2.45) is 0 Å². The normalized spacial score (nSPS) is 9.83. The Morgan fingerprint density at radius 3 is 3.11 bits per heavy atom. The van der Waals surface area contributed by atoms with E-state index >= 15 is 0 Å². The van der Waals surface area contributed by atoms with E-state index in [-0.39, 0.29) is 6.03 Å². The average molecular weight is 246 g/mol. The van der Waals surface area contributed by atoms with Crippen molar-refractivity contribution in [3.63, 3.8) is 0 Å². The monoisotopic (exact) mass is 246 g/mol. The minimum Gasteiger partial charge on any atom is -0.497 e. The van der Waals surface area contributed by atoms with Gasteiger partial charge in [-0.2, -0.15) is 5.10 Å². The molecule has 0 aliphatic rings. The van der Waals surface area contributed by atoms with Crippen molar-refractivity contribution in [3.8, 4) is 5.75 Å². The zero-order chi connectivity index (χ0) is 12.8. The van der Waals surface area contributed by atoms with Gasteiger partial charge in [0.05, 0.1) is 13.3 Å². The van der Waals surface area contributed by atoms with Crippen LogP contribution in [0.15, 0.2) is 36.7 Å². The number of rotatable bonds is 4. The van der Waals surface area contributed by atoms with E-state index in [0.29, 0.717) is 18.0 Å². The fourth-order valence-electron chi connectivity index (χ4n) is 1.43. The molecule has 3 N–H and O–H groups in total. The molecule has 6 heteroatoms. The number of methoxy groups -OCH3 is 1. The maximum absolute atomic E-state index is 11.6. The van der Waals surface area contributed by atoms with Crippen molar-refractivity contribution in [3.05, 3.63) is 42.2 Å². The molecular weight excluding hydrogens is 232 g/mol. The number of carbonyl (C=O) groups is 1. The number of benzene rings is 1. The molecule has 0 saturated carbocycles. The third kappa shape index (κ3) is 3.24. The van der Waals surface area contributed by atoms with Gasteiger partial charge >= 0.3 is 6.03 Å². The van der Waals surface area contributed by atoms with Crippen LogP contribution in [-0.2, 0) is 6.54 Å². The minimum absolute atomic E-state index is 0.274. The largest absolute Gasteiger partial charge is 0.497 e. The molecule has 94 valence electrons. The number of ether oxygens (including phenoxy) is 1. The van der Waals surface area contributed by atoms with Crippen LogP contribution in [-0.4, -0.2) is 23.3 Å². The van der Waals surface area contributed by atoms with Crippen LogP contribution >= 0.6 is 0 Å². The molecule has 0 radical (unpaired) electrons. The molecule has 0 fully saturated rings. The van der Waals surface area contributed by atoms with Gasteiger partial charge in [0.15, 0.2) is 0 Å². The molecule has 1 aromatic heterocycles. The smallest absolute Gasteiger partial charge is 0.319 e. The summed E-state index contributed by atoms with van der Waals surface area (Å²) in [5, 5.41) is 11.9. The molecule has 0 aliphatic carbocycles. The van der Waals surface area contributed by atoms with Crippen LogP contribution in [0.25, 0.3) is 0 Å². The summed E-state index contributed by atoms with van der Waals surface area (Å²) in [6.45, 7) is 0.423. The van der Waals surface area contributed by atoms with Gasteiger partial charge in [-0.05, 0) is 12.1 Å². The number of aromatic nitrogens is 2. The summed E-state index contributed by atoms with van der Waals surface area (Å²) in [7, 11) is 1.58. The van der Waals surface area contributed by atoms with Crippen LogP contribution in [0.5, 0.6) is 5.75 Å². The van der Waals surface area contributed by atoms with E-state index in [1.807, 2.05) is 12.1 Å². The first-order valence-electron chi connectivity index (χ1n) is 5.44. The number of anilines is 1. The Hall–Kier alpha value is -2.50. The van der Waals surface area contributed by atoms with Crippen LogP contribution in [0, 0.1) is 0 Å². The molecule has 0 bridgehead atoms. The standard InChI is InChI=1S/C12H14N4O2/c1-18-11-4-2-3-10(5-11)16-12(17)13-6-9-7-14-15-8-9/h2-5,7-8H,6H2,1H3,(H,14,15)(H2,13,16,17). The number of aromatic amines is 1.